The summed E-state index contributed by atoms with van der Waals surface area (Å²) in [7, 11) is 0. The third-order valence-corrected chi connectivity index (χ3v) is 3.26. The summed E-state index contributed by atoms with van der Waals surface area (Å²) in [5.41, 5.74) is 0.454. The van der Waals surface area contributed by atoms with Gasteiger partial charge in [-0.15, -0.1) is 0 Å². The molecule has 0 spiro atoms. The van der Waals surface area contributed by atoms with Gasteiger partial charge < -0.3 is 9.64 Å². The van der Waals surface area contributed by atoms with Crippen LogP contribution in [0.1, 0.15) is 19.8 Å². The molecule has 0 unspecified atom stereocenters. The van der Waals surface area contributed by atoms with E-state index in [4.69, 9.17) is 16.3 Å². The molecule has 0 aliphatic carbocycles. The van der Waals surface area contributed by atoms with Crippen molar-refractivity contribution in [2.24, 2.45) is 0 Å². The van der Waals surface area contributed by atoms with Crippen LogP contribution in [-0.2, 0) is 4.79 Å². The first kappa shape index (κ1) is 13.1. The SMILES string of the molecule is CCOc1cc(N2CCC(=O)CC2)c(F)cc1Cl. The van der Waals surface area contributed by atoms with Crippen LogP contribution in [0, 0.1) is 5.82 Å². The Labute approximate surface area is 110 Å². The first-order valence-corrected chi connectivity index (χ1v) is 6.38. The van der Waals surface area contributed by atoms with Gasteiger partial charge in [0, 0.05) is 32.0 Å². The van der Waals surface area contributed by atoms with E-state index in [0.29, 0.717) is 44.0 Å². The smallest absolute Gasteiger partial charge is 0.148 e. The highest BCUT2D eigenvalue weighted by molar-refractivity contribution is 6.32. The molecule has 1 aliphatic rings. The average Bonchev–Trinajstić information content (AvgIpc) is 2.34. The molecule has 1 saturated heterocycles. The van der Waals surface area contributed by atoms with Gasteiger partial charge in [0.1, 0.15) is 17.3 Å². The zero-order valence-corrected chi connectivity index (χ0v) is 11.0. The molecule has 0 atom stereocenters. The van der Waals surface area contributed by atoms with Crippen molar-refractivity contribution in [3.63, 3.8) is 0 Å². The number of nitrogens with zero attached hydrogens (tertiary/aromatic N) is 1. The molecule has 5 heteroatoms. The highest BCUT2D eigenvalue weighted by atomic mass is 35.5. The number of halogens is 2. The van der Waals surface area contributed by atoms with Gasteiger partial charge in [0.2, 0.25) is 0 Å². The molecule has 18 heavy (non-hydrogen) atoms. The summed E-state index contributed by atoms with van der Waals surface area (Å²) in [5, 5.41) is 0.270. The lowest BCUT2D eigenvalue weighted by Crippen LogP contribution is -2.34. The number of carbonyl (C=O) groups is 1. The Hall–Kier alpha value is -1.29. The van der Waals surface area contributed by atoms with E-state index in [2.05, 4.69) is 0 Å². The molecule has 1 fully saturated rings. The molecule has 0 radical (unpaired) electrons. The van der Waals surface area contributed by atoms with E-state index in [9.17, 15) is 9.18 Å². The lowest BCUT2D eigenvalue weighted by Gasteiger charge is -2.28. The number of Topliss-reactive ketones (excluding diaryl/α,β-unsaturated/α-hetero) is 1. The Morgan fingerprint density at radius 1 is 1.39 bits per heavy atom. The van der Waals surface area contributed by atoms with Crippen LogP contribution in [-0.4, -0.2) is 25.5 Å². The zero-order valence-electron chi connectivity index (χ0n) is 10.2. The molecular formula is C13H15ClFNO2. The van der Waals surface area contributed by atoms with Gasteiger partial charge in [-0.25, -0.2) is 4.39 Å². The molecule has 0 aromatic heterocycles. The van der Waals surface area contributed by atoms with Crippen LogP contribution < -0.4 is 9.64 Å². The fraction of sp³-hybridized carbons (Fsp3) is 0.462. The fourth-order valence-electron chi connectivity index (χ4n) is 2.02. The second kappa shape index (κ2) is 5.57. The number of hydrogen-bond donors (Lipinski definition) is 0. The number of carbonyl (C=O) groups excluding carboxylic acids is 1. The molecular weight excluding hydrogens is 257 g/mol. The van der Waals surface area contributed by atoms with Crippen LogP contribution >= 0.6 is 11.6 Å². The van der Waals surface area contributed by atoms with E-state index in [1.165, 1.54) is 6.07 Å². The van der Waals surface area contributed by atoms with Gasteiger partial charge in [-0.2, -0.15) is 0 Å². The number of benzene rings is 1. The van der Waals surface area contributed by atoms with Gasteiger partial charge in [0.15, 0.2) is 0 Å². The van der Waals surface area contributed by atoms with Gasteiger partial charge >= 0.3 is 0 Å². The molecule has 1 aromatic carbocycles. The van der Waals surface area contributed by atoms with Crippen molar-refractivity contribution in [1.82, 2.24) is 0 Å². The summed E-state index contributed by atoms with van der Waals surface area (Å²) in [6.45, 7) is 3.41. The van der Waals surface area contributed by atoms with Crippen molar-refractivity contribution in [2.75, 3.05) is 24.6 Å². The Kier molecular flexibility index (Phi) is 4.07. The maximum absolute atomic E-state index is 13.9. The van der Waals surface area contributed by atoms with Crippen LogP contribution in [0.25, 0.3) is 0 Å². The van der Waals surface area contributed by atoms with E-state index in [-0.39, 0.29) is 16.6 Å². The minimum absolute atomic E-state index is 0.227. The van der Waals surface area contributed by atoms with Crippen molar-refractivity contribution < 1.29 is 13.9 Å². The molecule has 2 rings (SSSR count). The summed E-state index contributed by atoms with van der Waals surface area (Å²) >= 11 is 5.90. The number of ether oxygens (including phenoxy) is 1. The Morgan fingerprint density at radius 3 is 2.67 bits per heavy atom. The second-order valence-corrected chi connectivity index (χ2v) is 4.60. The number of anilines is 1. The summed E-state index contributed by atoms with van der Waals surface area (Å²) in [5.74, 6) is 0.330. The maximum atomic E-state index is 13.9. The van der Waals surface area contributed by atoms with E-state index in [1.54, 1.807) is 6.07 Å². The minimum atomic E-state index is -0.377. The number of hydrogen-bond acceptors (Lipinski definition) is 3. The molecule has 98 valence electrons. The normalized spacial score (nSPS) is 15.9. The predicted octanol–water partition coefficient (Wildman–Crippen LogP) is 3.05. The largest absolute Gasteiger partial charge is 0.492 e. The van der Waals surface area contributed by atoms with Gasteiger partial charge in [0.05, 0.1) is 17.3 Å². The Morgan fingerprint density at radius 2 is 2.06 bits per heavy atom. The zero-order chi connectivity index (χ0) is 13.1. The van der Waals surface area contributed by atoms with Crippen LogP contribution in [0.3, 0.4) is 0 Å². The fourth-order valence-corrected chi connectivity index (χ4v) is 2.23. The van der Waals surface area contributed by atoms with Crippen molar-refractivity contribution in [2.45, 2.75) is 19.8 Å². The van der Waals surface area contributed by atoms with E-state index < -0.39 is 0 Å². The topological polar surface area (TPSA) is 29.5 Å². The van der Waals surface area contributed by atoms with Crippen LogP contribution in [0.4, 0.5) is 10.1 Å². The number of rotatable bonds is 3. The first-order valence-electron chi connectivity index (χ1n) is 6.00. The third-order valence-electron chi connectivity index (χ3n) is 2.96. The van der Waals surface area contributed by atoms with Crippen LogP contribution in [0.15, 0.2) is 12.1 Å². The van der Waals surface area contributed by atoms with Gasteiger partial charge in [0.25, 0.3) is 0 Å². The Bertz CT molecular complexity index is 455. The maximum Gasteiger partial charge on any atom is 0.148 e. The van der Waals surface area contributed by atoms with E-state index in [1.807, 2.05) is 11.8 Å². The second-order valence-electron chi connectivity index (χ2n) is 4.19. The van der Waals surface area contributed by atoms with Crippen LogP contribution in [0.2, 0.25) is 5.02 Å². The predicted molar refractivity (Wildman–Crippen MR) is 69.0 cm³/mol. The van der Waals surface area contributed by atoms with E-state index in [0.717, 1.165) is 0 Å². The minimum Gasteiger partial charge on any atom is -0.492 e. The summed E-state index contributed by atoms with van der Waals surface area (Å²) in [4.78, 5) is 13.0. The van der Waals surface area contributed by atoms with Crippen molar-refractivity contribution in [3.8, 4) is 5.75 Å². The molecule has 0 saturated carbocycles. The van der Waals surface area contributed by atoms with Crippen LogP contribution in [0.5, 0.6) is 5.75 Å². The van der Waals surface area contributed by atoms with Crippen molar-refractivity contribution in [3.05, 3.63) is 23.0 Å². The van der Waals surface area contributed by atoms with E-state index >= 15 is 0 Å². The number of ketones is 1. The van der Waals surface area contributed by atoms with Gasteiger partial charge in [-0.05, 0) is 13.0 Å². The first-order chi connectivity index (χ1) is 8.61. The summed E-state index contributed by atoms with van der Waals surface area (Å²) < 4.78 is 19.2. The third kappa shape index (κ3) is 2.75. The van der Waals surface area contributed by atoms with Crippen molar-refractivity contribution in [1.29, 1.82) is 0 Å². The molecule has 1 heterocycles. The molecule has 1 aliphatic heterocycles. The van der Waals surface area contributed by atoms with Gasteiger partial charge in [-0.3, -0.25) is 4.79 Å². The standard InChI is InChI=1S/C13H15ClFNO2/c1-2-18-13-8-12(11(15)7-10(13)14)16-5-3-9(17)4-6-16/h7-8H,2-6H2,1H3. The molecule has 1 aromatic rings. The summed E-state index contributed by atoms with van der Waals surface area (Å²) in [6, 6.07) is 2.87. The lowest BCUT2D eigenvalue weighted by atomic mass is 10.1. The Balaban J connectivity index is 2.26. The molecule has 0 bridgehead atoms. The monoisotopic (exact) mass is 271 g/mol. The molecule has 0 N–H and O–H groups in total. The number of piperidine rings is 1. The van der Waals surface area contributed by atoms with Gasteiger partial charge in [-0.1, -0.05) is 11.6 Å². The highest BCUT2D eigenvalue weighted by Gasteiger charge is 2.20. The molecule has 3 nitrogen and oxygen atoms in total. The average molecular weight is 272 g/mol. The summed E-state index contributed by atoms with van der Waals surface area (Å²) in [6.07, 6.45) is 0.929. The lowest BCUT2D eigenvalue weighted by molar-refractivity contribution is -0.119. The molecule has 0 amide bonds. The van der Waals surface area contributed by atoms with Crippen molar-refractivity contribution >= 4 is 23.1 Å². The highest BCUT2D eigenvalue weighted by Crippen LogP contribution is 2.33. The quantitative estimate of drug-likeness (QED) is 0.846.